The first kappa shape index (κ1) is 14.7. The highest BCUT2D eigenvalue weighted by atomic mass is 35.5. The van der Waals surface area contributed by atoms with Gasteiger partial charge in [0, 0.05) is 37.4 Å². The highest BCUT2D eigenvalue weighted by molar-refractivity contribution is 6.30. The van der Waals surface area contributed by atoms with E-state index in [2.05, 4.69) is 5.32 Å². The Kier molecular flexibility index (Phi) is 4.66. The number of carbonyl (C=O) groups is 1. The van der Waals surface area contributed by atoms with Gasteiger partial charge in [-0.15, -0.1) is 0 Å². The van der Waals surface area contributed by atoms with Crippen LogP contribution in [-0.4, -0.2) is 36.7 Å². The topological polar surface area (TPSA) is 41.6 Å². The van der Waals surface area contributed by atoms with Crippen molar-refractivity contribution in [1.29, 1.82) is 0 Å². The van der Waals surface area contributed by atoms with Gasteiger partial charge in [-0.1, -0.05) is 17.7 Å². The largest absolute Gasteiger partial charge is 0.381 e. The summed E-state index contributed by atoms with van der Waals surface area (Å²) in [7, 11) is 0. The number of benzene rings is 1. The van der Waals surface area contributed by atoms with Crippen molar-refractivity contribution in [3.8, 4) is 0 Å². The smallest absolute Gasteiger partial charge is 0.317 e. The van der Waals surface area contributed by atoms with Gasteiger partial charge in [-0.25, -0.2) is 4.79 Å². The molecule has 2 aliphatic heterocycles. The Bertz CT molecular complexity index is 513. The molecule has 1 atom stereocenters. The molecule has 2 heterocycles. The van der Waals surface area contributed by atoms with Gasteiger partial charge in [-0.2, -0.15) is 0 Å². The summed E-state index contributed by atoms with van der Waals surface area (Å²) in [6, 6.07) is 6.21. The van der Waals surface area contributed by atoms with E-state index in [1.54, 1.807) is 0 Å². The third kappa shape index (κ3) is 3.69. The summed E-state index contributed by atoms with van der Waals surface area (Å²) in [5.41, 5.74) is 2.46. The van der Waals surface area contributed by atoms with Gasteiger partial charge < -0.3 is 15.0 Å². The SMILES string of the molecule is O=C(NC1CCCOCC1)N1CCc2cc(Cl)ccc2C1. The van der Waals surface area contributed by atoms with Crippen LogP contribution >= 0.6 is 11.6 Å². The van der Waals surface area contributed by atoms with Crippen molar-refractivity contribution in [2.24, 2.45) is 0 Å². The molecule has 1 aromatic carbocycles. The normalized spacial score (nSPS) is 22.3. The maximum atomic E-state index is 12.4. The fraction of sp³-hybridized carbons (Fsp3) is 0.562. The zero-order valence-corrected chi connectivity index (χ0v) is 12.9. The van der Waals surface area contributed by atoms with E-state index in [0.717, 1.165) is 50.5 Å². The second kappa shape index (κ2) is 6.67. The lowest BCUT2D eigenvalue weighted by molar-refractivity contribution is 0.142. The number of ether oxygens (including phenoxy) is 1. The van der Waals surface area contributed by atoms with Gasteiger partial charge in [-0.3, -0.25) is 0 Å². The summed E-state index contributed by atoms with van der Waals surface area (Å²) in [6.07, 6.45) is 3.81. The van der Waals surface area contributed by atoms with Gasteiger partial charge >= 0.3 is 6.03 Å². The lowest BCUT2D eigenvalue weighted by Crippen LogP contribution is -2.46. The first-order valence-electron chi connectivity index (χ1n) is 7.63. The number of hydrogen-bond donors (Lipinski definition) is 1. The molecule has 0 saturated carbocycles. The molecule has 114 valence electrons. The van der Waals surface area contributed by atoms with E-state index in [4.69, 9.17) is 16.3 Å². The van der Waals surface area contributed by atoms with Crippen molar-refractivity contribution in [3.63, 3.8) is 0 Å². The van der Waals surface area contributed by atoms with Crippen LogP contribution < -0.4 is 5.32 Å². The average Bonchev–Trinajstić information content (AvgIpc) is 2.75. The molecule has 2 amide bonds. The first-order valence-corrected chi connectivity index (χ1v) is 8.00. The van der Waals surface area contributed by atoms with E-state index >= 15 is 0 Å². The number of hydrogen-bond acceptors (Lipinski definition) is 2. The Morgan fingerprint density at radius 3 is 3.10 bits per heavy atom. The summed E-state index contributed by atoms with van der Waals surface area (Å²) in [5, 5.41) is 3.92. The van der Waals surface area contributed by atoms with Crippen LogP contribution in [-0.2, 0) is 17.7 Å². The Labute approximate surface area is 130 Å². The lowest BCUT2D eigenvalue weighted by atomic mass is 10.00. The molecule has 1 unspecified atom stereocenters. The maximum absolute atomic E-state index is 12.4. The van der Waals surface area contributed by atoms with E-state index < -0.39 is 0 Å². The van der Waals surface area contributed by atoms with Gasteiger partial charge in [0.25, 0.3) is 0 Å². The molecule has 0 radical (unpaired) electrons. The first-order chi connectivity index (χ1) is 10.2. The van der Waals surface area contributed by atoms with Crippen molar-refractivity contribution in [1.82, 2.24) is 10.2 Å². The standard InChI is InChI=1S/C16H21ClN2O2/c17-14-4-3-13-11-19(7-5-12(13)10-14)16(20)18-15-2-1-8-21-9-6-15/h3-4,10,15H,1-2,5-9,11H2,(H,18,20). The van der Waals surface area contributed by atoms with Crippen molar-refractivity contribution in [3.05, 3.63) is 34.3 Å². The Morgan fingerprint density at radius 1 is 1.29 bits per heavy atom. The summed E-state index contributed by atoms with van der Waals surface area (Å²) < 4.78 is 5.43. The van der Waals surface area contributed by atoms with Crippen molar-refractivity contribution in [2.45, 2.75) is 38.3 Å². The fourth-order valence-electron chi connectivity index (χ4n) is 3.01. The van der Waals surface area contributed by atoms with Gasteiger partial charge in [0.1, 0.15) is 0 Å². The molecule has 3 rings (SSSR count). The molecule has 1 aromatic rings. The van der Waals surface area contributed by atoms with Crippen LogP contribution in [0.25, 0.3) is 0 Å². The molecule has 0 bridgehead atoms. The van der Waals surface area contributed by atoms with Gasteiger partial charge in [-0.05, 0) is 48.9 Å². The maximum Gasteiger partial charge on any atom is 0.317 e. The molecule has 1 N–H and O–H groups in total. The molecule has 2 aliphatic rings. The third-order valence-electron chi connectivity index (χ3n) is 4.25. The summed E-state index contributed by atoms with van der Waals surface area (Å²) in [6.45, 7) is 2.97. The van der Waals surface area contributed by atoms with Crippen LogP contribution in [0.5, 0.6) is 0 Å². The van der Waals surface area contributed by atoms with Crippen molar-refractivity contribution >= 4 is 17.6 Å². The van der Waals surface area contributed by atoms with Crippen LogP contribution in [0.4, 0.5) is 4.79 Å². The number of fused-ring (bicyclic) bond motifs is 1. The van der Waals surface area contributed by atoms with Crippen molar-refractivity contribution in [2.75, 3.05) is 19.8 Å². The van der Waals surface area contributed by atoms with Gasteiger partial charge in [0.2, 0.25) is 0 Å². The summed E-state index contributed by atoms with van der Waals surface area (Å²) >= 11 is 6.02. The van der Waals surface area contributed by atoms with E-state index in [1.165, 1.54) is 11.1 Å². The number of urea groups is 1. The predicted molar refractivity (Wildman–Crippen MR) is 82.6 cm³/mol. The minimum Gasteiger partial charge on any atom is -0.381 e. The summed E-state index contributed by atoms with van der Waals surface area (Å²) in [4.78, 5) is 14.3. The molecular weight excluding hydrogens is 288 g/mol. The zero-order valence-electron chi connectivity index (χ0n) is 12.1. The number of nitrogens with zero attached hydrogens (tertiary/aromatic N) is 1. The molecule has 4 nitrogen and oxygen atoms in total. The average molecular weight is 309 g/mol. The molecule has 0 aliphatic carbocycles. The molecule has 0 aromatic heterocycles. The third-order valence-corrected chi connectivity index (χ3v) is 4.48. The number of carbonyl (C=O) groups excluding carboxylic acids is 1. The van der Waals surface area contributed by atoms with Crippen molar-refractivity contribution < 1.29 is 9.53 Å². The van der Waals surface area contributed by atoms with E-state index in [1.807, 2.05) is 23.1 Å². The van der Waals surface area contributed by atoms with Crippen LogP contribution in [0.1, 0.15) is 30.4 Å². The molecule has 5 heteroatoms. The van der Waals surface area contributed by atoms with E-state index in [9.17, 15) is 4.79 Å². The number of halogens is 1. The predicted octanol–water partition coefficient (Wildman–Crippen LogP) is 2.98. The Balaban J connectivity index is 1.60. The highest BCUT2D eigenvalue weighted by Crippen LogP contribution is 2.22. The monoisotopic (exact) mass is 308 g/mol. The molecule has 1 fully saturated rings. The Morgan fingerprint density at radius 2 is 2.19 bits per heavy atom. The quantitative estimate of drug-likeness (QED) is 0.866. The molecule has 0 spiro atoms. The second-order valence-corrected chi connectivity index (χ2v) is 6.21. The molecular formula is C16H21ClN2O2. The number of nitrogens with one attached hydrogen (secondary N) is 1. The highest BCUT2D eigenvalue weighted by Gasteiger charge is 2.23. The minimum absolute atomic E-state index is 0.0440. The van der Waals surface area contributed by atoms with Crippen LogP contribution in [0, 0.1) is 0 Å². The molecule has 1 saturated heterocycles. The zero-order chi connectivity index (χ0) is 14.7. The van der Waals surface area contributed by atoms with Gasteiger partial charge in [0.05, 0.1) is 0 Å². The second-order valence-electron chi connectivity index (χ2n) is 5.77. The van der Waals surface area contributed by atoms with Gasteiger partial charge in [0.15, 0.2) is 0 Å². The van der Waals surface area contributed by atoms with Crippen LogP contribution in [0.3, 0.4) is 0 Å². The number of rotatable bonds is 1. The fourth-order valence-corrected chi connectivity index (χ4v) is 3.20. The van der Waals surface area contributed by atoms with Crippen LogP contribution in [0.2, 0.25) is 5.02 Å². The Hall–Kier alpha value is -1.26. The lowest BCUT2D eigenvalue weighted by Gasteiger charge is -2.30. The van der Waals surface area contributed by atoms with E-state index in [0.29, 0.717) is 6.54 Å². The minimum atomic E-state index is 0.0440. The number of amides is 2. The van der Waals surface area contributed by atoms with E-state index in [-0.39, 0.29) is 12.1 Å². The summed E-state index contributed by atoms with van der Waals surface area (Å²) in [5.74, 6) is 0. The molecule has 21 heavy (non-hydrogen) atoms. The van der Waals surface area contributed by atoms with Crippen LogP contribution in [0.15, 0.2) is 18.2 Å².